The third-order valence-corrected chi connectivity index (χ3v) is 7.50. The van der Waals surface area contributed by atoms with Crippen molar-refractivity contribution in [3.05, 3.63) is 83.4 Å². The van der Waals surface area contributed by atoms with Crippen LogP contribution in [-0.2, 0) is 4.79 Å². The van der Waals surface area contributed by atoms with E-state index in [1.165, 1.54) is 17.3 Å². The van der Waals surface area contributed by atoms with Gasteiger partial charge in [0.05, 0.1) is 11.4 Å². The lowest BCUT2D eigenvalue weighted by atomic mass is 10.0. The molecule has 1 heterocycles. The smallest absolute Gasteiger partial charge is 0.234 e. The number of benzene rings is 3. The molecule has 1 amide bonds. The van der Waals surface area contributed by atoms with Crippen LogP contribution < -0.4 is 10.2 Å². The van der Waals surface area contributed by atoms with Gasteiger partial charge in [0.1, 0.15) is 0 Å². The monoisotopic (exact) mass is 547 g/mol. The van der Waals surface area contributed by atoms with Gasteiger partial charge in [0.25, 0.3) is 0 Å². The van der Waals surface area contributed by atoms with Crippen LogP contribution in [0.4, 0.5) is 11.4 Å². The van der Waals surface area contributed by atoms with Gasteiger partial charge < -0.3 is 10.2 Å². The quantitative estimate of drug-likeness (QED) is 0.206. The van der Waals surface area contributed by atoms with E-state index in [1.807, 2.05) is 65.2 Å². The SMILES string of the molecule is CCN(c1ccc(NC(=O)CSc2nnc(-c3ccc(Cl)cc3)n2-c2ccccc2C(C)C)cc1)C(C)C. The Labute approximate surface area is 234 Å². The molecule has 38 heavy (non-hydrogen) atoms. The Morgan fingerprint density at radius 1 is 0.974 bits per heavy atom. The number of rotatable bonds is 10. The number of amides is 1. The number of halogens is 1. The van der Waals surface area contributed by atoms with E-state index in [1.54, 1.807) is 0 Å². The van der Waals surface area contributed by atoms with E-state index in [4.69, 9.17) is 11.6 Å². The van der Waals surface area contributed by atoms with Crippen LogP contribution in [-0.4, -0.2) is 39.0 Å². The van der Waals surface area contributed by atoms with Crippen molar-refractivity contribution in [2.75, 3.05) is 22.5 Å². The Balaban J connectivity index is 1.56. The van der Waals surface area contributed by atoms with Gasteiger partial charge in [-0.1, -0.05) is 55.4 Å². The number of hydrogen-bond acceptors (Lipinski definition) is 5. The van der Waals surface area contributed by atoms with E-state index in [0.29, 0.717) is 28.0 Å². The van der Waals surface area contributed by atoms with E-state index >= 15 is 0 Å². The van der Waals surface area contributed by atoms with Crippen LogP contribution in [0.3, 0.4) is 0 Å². The highest BCUT2D eigenvalue weighted by atomic mass is 35.5. The standard InChI is InChI=1S/C30H34ClN5OS/c1-6-35(21(4)5)25-17-15-24(16-18-25)32-28(37)19-38-30-34-33-29(22-11-13-23(31)14-12-22)36(30)27-10-8-7-9-26(27)20(2)3/h7-18,20-21H,6,19H2,1-5H3,(H,32,37). The fourth-order valence-corrected chi connectivity index (χ4v) is 5.33. The zero-order valence-electron chi connectivity index (χ0n) is 22.5. The summed E-state index contributed by atoms with van der Waals surface area (Å²) in [6, 6.07) is 24.2. The number of hydrogen-bond donors (Lipinski definition) is 1. The van der Waals surface area contributed by atoms with Crippen LogP contribution in [0, 0.1) is 0 Å². The summed E-state index contributed by atoms with van der Waals surface area (Å²) in [5.74, 6) is 1.12. The minimum absolute atomic E-state index is 0.0984. The number of para-hydroxylation sites is 1. The zero-order valence-corrected chi connectivity index (χ0v) is 24.1. The van der Waals surface area contributed by atoms with Gasteiger partial charge in [0, 0.05) is 34.5 Å². The first kappa shape index (κ1) is 27.7. The van der Waals surface area contributed by atoms with Gasteiger partial charge in [0.15, 0.2) is 11.0 Å². The molecular formula is C30H34ClN5OS. The second-order valence-electron chi connectivity index (χ2n) is 9.63. The van der Waals surface area contributed by atoms with E-state index in [9.17, 15) is 4.79 Å². The Morgan fingerprint density at radius 3 is 2.29 bits per heavy atom. The molecule has 6 nitrogen and oxygen atoms in total. The van der Waals surface area contributed by atoms with Crippen molar-refractivity contribution in [3.8, 4) is 17.1 Å². The summed E-state index contributed by atoms with van der Waals surface area (Å²) < 4.78 is 2.04. The number of aromatic nitrogens is 3. The summed E-state index contributed by atoms with van der Waals surface area (Å²) >= 11 is 7.50. The molecule has 0 saturated carbocycles. The first-order valence-electron chi connectivity index (χ1n) is 12.9. The van der Waals surface area contributed by atoms with Crippen LogP contribution in [0.25, 0.3) is 17.1 Å². The molecule has 4 aromatic rings. The van der Waals surface area contributed by atoms with Crippen molar-refractivity contribution in [1.82, 2.24) is 14.8 Å². The third-order valence-electron chi connectivity index (χ3n) is 6.31. The summed E-state index contributed by atoms with van der Waals surface area (Å²) in [5.41, 5.74) is 4.99. The van der Waals surface area contributed by atoms with Crippen LogP contribution in [0.1, 0.15) is 46.1 Å². The summed E-state index contributed by atoms with van der Waals surface area (Å²) in [7, 11) is 0. The topological polar surface area (TPSA) is 63.1 Å². The van der Waals surface area contributed by atoms with Crippen LogP contribution in [0.2, 0.25) is 5.02 Å². The summed E-state index contributed by atoms with van der Waals surface area (Å²) in [4.78, 5) is 15.2. The first-order chi connectivity index (χ1) is 18.3. The minimum Gasteiger partial charge on any atom is -0.369 e. The Morgan fingerprint density at radius 2 is 1.66 bits per heavy atom. The second kappa shape index (κ2) is 12.5. The number of nitrogens with one attached hydrogen (secondary N) is 1. The molecule has 0 unspecified atom stereocenters. The van der Waals surface area contributed by atoms with Crippen LogP contribution >= 0.6 is 23.4 Å². The van der Waals surface area contributed by atoms with Crippen molar-refractivity contribution < 1.29 is 4.79 Å². The molecule has 1 aromatic heterocycles. The normalized spacial score (nSPS) is 11.3. The predicted molar refractivity (Wildman–Crippen MR) is 160 cm³/mol. The number of carbonyl (C=O) groups excluding carboxylic acids is 1. The summed E-state index contributed by atoms with van der Waals surface area (Å²) in [6.07, 6.45) is 0. The van der Waals surface area contributed by atoms with Crippen LogP contribution in [0.5, 0.6) is 0 Å². The molecule has 198 valence electrons. The highest BCUT2D eigenvalue weighted by Gasteiger charge is 2.20. The Hall–Kier alpha value is -3.29. The van der Waals surface area contributed by atoms with Crippen molar-refractivity contribution in [3.63, 3.8) is 0 Å². The molecule has 0 aliphatic heterocycles. The molecule has 1 N–H and O–H groups in total. The summed E-state index contributed by atoms with van der Waals surface area (Å²) in [5, 5.41) is 13.3. The van der Waals surface area contributed by atoms with Crippen LogP contribution in [0.15, 0.2) is 78.0 Å². The Bertz CT molecular complexity index is 1370. The number of thioether (sulfide) groups is 1. The maximum Gasteiger partial charge on any atom is 0.234 e. The lowest BCUT2D eigenvalue weighted by Gasteiger charge is -2.27. The number of carbonyl (C=O) groups is 1. The zero-order chi connectivity index (χ0) is 27.2. The molecule has 8 heteroatoms. The van der Waals surface area contributed by atoms with E-state index in [-0.39, 0.29) is 11.7 Å². The maximum atomic E-state index is 12.9. The van der Waals surface area contributed by atoms with Crippen molar-refractivity contribution in [1.29, 1.82) is 0 Å². The van der Waals surface area contributed by atoms with Crippen molar-refractivity contribution >= 4 is 40.6 Å². The molecule has 0 aliphatic rings. The Kier molecular flexibility index (Phi) is 9.13. The molecule has 0 radical (unpaired) electrons. The van der Waals surface area contributed by atoms with Gasteiger partial charge in [-0.3, -0.25) is 9.36 Å². The molecule has 0 fully saturated rings. The lowest BCUT2D eigenvalue weighted by Crippen LogP contribution is -2.30. The third kappa shape index (κ3) is 6.40. The predicted octanol–water partition coefficient (Wildman–Crippen LogP) is 7.68. The van der Waals surface area contributed by atoms with E-state index in [0.717, 1.165) is 29.2 Å². The first-order valence-corrected chi connectivity index (χ1v) is 14.2. The lowest BCUT2D eigenvalue weighted by molar-refractivity contribution is -0.113. The molecule has 0 atom stereocenters. The highest BCUT2D eigenvalue weighted by Crippen LogP contribution is 2.32. The average Bonchev–Trinajstić information content (AvgIpc) is 3.33. The fraction of sp³-hybridized carbons (Fsp3) is 0.300. The highest BCUT2D eigenvalue weighted by molar-refractivity contribution is 7.99. The molecule has 0 spiro atoms. The average molecular weight is 548 g/mol. The van der Waals surface area contributed by atoms with Crippen molar-refractivity contribution in [2.45, 2.75) is 51.7 Å². The van der Waals surface area contributed by atoms with Gasteiger partial charge in [0.2, 0.25) is 5.91 Å². The van der Waals surface area contributed by atoms with Gasteiger partial charge in [-0.05, 0) is 86.8 Å². The largest absolute Gasteiger partial charge is 0.369 e. The molecule has 4 rings (SSSR count). The molecular weight excluding hydrogens is 514 g/mol. The number of anilines is 2. The maximum absolute atomic E-state index is 12.9. The molecule has 0 aliphatic carbocycles. The van der Waals surface area contributed by atoms with Gasteiger partial charge >= 0.3 is 0 Å². The van der Waals surface area contributed by atoms with Gasteiger partial charge in [-0.15, -0.1) is 10.2 Å². The molecule has 0 bridgehead atoms. The number of nitrogens with zero attached hydrogens (tertiary/aromatic N) is 4. The van der Waals surface area contributed by atoms with Crippen molar-refractivity contribution in [2.24, 2.45) is 0 Å². The van der Waals surface area contributed by atoms with Gasteiger partial charge in [-0.2, -0.15) is 0 Å². The van der Waals surface area contributed by atoms with E-state index < -0.39 is 0 Å². The van der Waals surface area contributed by atoms with E-state index in [2.05, 4.69) is 67.2 Å². The summed E-state index contributed by atoms with van der Waals surface area (Å²) in [6.45, 7) is 11.7. The minimum atomic E-state index is -0.0984. The second-order valence-corrected chi connectivity index (χ2v) is 11.0. The molecule has 3 aromatic carbocycles. The molecule has 0 saturated heterocycles. The van der Waals surface area contributed by atoms with Gasteiger partial charge in [-0.25, -0.2) is 0 Å². The fourth-order valence-electron chi connectivity index (χ4n) is 4.46.